The zero-order valence-electron chi connectivity index (χ0n) is 16.4. The fraction of sp³-hybridized carbons (Fsp3) is 0.160. The molecule has 0 aliphatic heterocycles. The second-order valence-corrected chi connectivity index (χ2v) is 6.83. The predicted octanol–water partition coefficient (Wildman–Crippen LogP) is 4.72. The summed E-state index contributed by atoms with van der Waals surface area (Å²) in [6.07, 6.45) is -0.554. The second kappa shape index (κ2) is 8.71. The van der Waals surface area contributed by atoms with E-state index in [0.717, 1.165) is 11.1 Å². The number of nitrogens with one attached hydrogen (secondary N) is 1. The second-order valence-electron chi connectivity index (χ2n) is 6.83. The van der Waals surface area contributed by atoms with E-state index in [1.54, 1.807) is 6.07 Å². The van der Waals surface area contributed by atoms with Gasteiger partial charge in [-0.1, -0.05) is 60.4 Å². The molecule has 0 heterocycles. The van der Waals surface area contributed by atoms with Crippen LogP contribution in [-0.2, 0) is 4.74 Å². The minimum absolute atomic E-state index is 0.00243. The van der Waals surface area contributed by atoms with Gasteiger partial charge in [-0.3, -0.25) is 0 Å². The molecule has 0 radical (unpaired) electrons. The highest BCUT2D eigenvalue weighted by Crippen LogP contribution is 2.44. The first kappa shape index (κ1) is 19.5. The summed E-state index contributed by atoms with van der Waals surface area (Å²) in [6, 6.07) is 20.7. The minimum atomic E-state index is -0.554. The Morgan fingerprint density at radius 3 is 2.33 bits per heavy atom. The number of fused-ring (bicyclic) bond motifs is 3. The summed E-state index contributed by atoms with van der Waals surface area (Å²) in [4.78, 5) is 12.1. The Morgan fingerprint density at radius 2 is 1.70 bits per heavy atom. The Kier molecular flexibility index (Phi) is 5.67. The van der Waals surface area contributed by atoms with Crippen LogP contribution >= 0.6 is 0 Å². The molecule has 0 fully saturated rings. The van der Waals surface area contributed by atoms with E-state index < -0.39 is 11.9 Å². The van der Waals surface area contributed by atoms with Crippen LogP contribution in [0.3, 0.4) is 0 Å². The zero-order valence-corrected chi connectivity index (χ0v) is 16.4. The smallest absolute Gasteiger partial charge is 0.407 e. The normalized spacial score (nSPS) is 11.7. The van der Waals surface area contributed by atoms with E-state index in [-0.39, 0.29) is 24.6 Å². The molecule has 1 aliphatic rings. The predicted molar refractivity (Wildman–Crippen MR) is 113 cm³/mol. The fourth-order valence-corrected chi connectivity index (χ4v) is 3.63. The number of amides is 1. The molecule has 0 unspecified atom stereocenters. The Balaban J connectivity index is 1.34. The van der Waals surface area contributed by atoms with Crippen molar-refractivity contribution in [3.63, 3.8) is 0 Å². The third kappa shape index (κ3) is 3.99. The number of halogens is 1. The maximum absolute atomic E-state index is 13.9. The monoisotopic (exact) mass is 401 g/mol. The molecule has 0 bridgehead atoms. The number of carbonyl (C=O) groups is 1. The standard InChI is InChI=1S/C25H20FNO3/c1-29-18-13-12-17(24(26)15-18)7-6-14-27-25(28)30-16-23-21-10-4-2-8-19(21)20-9-3-5-11-22(20)23/h2-5,8-13,15,23H,14,16H2,1H3,(H,27,28). The van der Waals surface area contributed by atoms with Gasteiger partial charge in [0, 0.05) is 12.0 Å². The summed E-state index contributed by atoms with van der Waals surface area (Å²) in [5.74, 6) is 5.38. The average Bonchev–Trinajstić information content (AvgIpc) is 3.10. The highest BCUT2D eigenvalue weighted by Gasteiger charge is 2.28. The van der Waals surface area contributed by atoms with Crippen molar-refractivity contribution in [3.8, 4) is 28.7 Å². The van der Waals surface area contributed by atoms with Crippen molar-refractivity contribution in [2.24, 2.45) is 0 Å². The number of rotatable bonds is 4. The van der Waals surface area contributed by atoms with Crippen molar-refractivity contribution in [1.82, 2.24) is 5.32 Å². The third-order valence-electron chi connectivity index (χ3n) is 5.06. The van der Waals surface area contributed by atoms with Crippen LogP contribution in [0.15, 0.2) is 66.7 Å². The Bertz CT molecular complexity index is 1100. The maximum Gasteiger partial charge on any atom is 0.407 e. The lowest BCUT2D eigenvalue weighted by molar-refractivity contribution is 0.144. The molecule has 1 amide bonds. The van der Waals surface area contributed by atoms with Crippen LogP contribution in [0, 0.1) is 17.7 Å². The van der Waals surface area contributed by atoms with Gasteiger partial charge in [0.2, 0.25) is 0 Å². The van der Waals surface area contributed by atoms with Gasteiger partial charge in [0.15, 0.2) is 0 Å². The van der Waals surface area contributed by atoms with Gasteiger partial charge in [0.25, 0.3) is 0 Å². The van der Waals surface area contributed by atoms with Crippen molar-refractivity contribution in [2.45, 2.75) is 5.92 Å². The molecule has 0 spiro atoms. The molecule has 1 N–H and O–H groups in total. The van der Waals surface area contributed by atoms with Crippen molar-refractivity contribution >= 4 is 6.09 Å². The van der Waals surface area contributed by atoms with Gasteiger partial charge in [0.1, 0.15) is 18.2 Å². The van der Waals surface area contributed by atoms with Crippen molar-refractivity contribution in [3.05, 3.63) is 89.2 Å². The minimum Gasteiger partial charge on any atom is -0.497 e. The first-order valence-corrected chi connectivity index (χ1v) is 9.58. The van der Waals surface area contributed by atoms with Crippen LogP contribution in [-0.4, -0.2) is 26.4 Å². The Hall–Kier alpha value is -3.78. The van der Waals surface area contributed by atoms with Crippen LogP contribution in [0.25, 0.3) is 11.1 Å². The molecule has 1 aliphatic carbocycles. The van der Waals surface area contributed by atoms with Crippen molar-refractivity contribution in [1.29, 1.82) is 0 Å². The van der Waals surface area contributed by atoms with E-state index in [2.05, 4.69) is 41.4 Å². The van der Waals surface area contributed by atoms with E-state index >= 15 is 0 Å². The first-order chi connectivity index (χ1) is 14.7. The van der Waals surface area contributed by atoms with E-state index in [1.165, 1.54) is 30.4 Å². The van der Waals surface area contributed by atoms with Crippen molar-refractivity contribution < 1.29 is 18.7 Å². The number of ether oxygens (including phenoxy) is 2. The summed E-state index contributed by atoms with van der Waals surface area (Å²) in [5, 5.41) is 2.58. The van der Waals surface area contributed by atoms with Gasteiger partial charge >= 0.3 is 6.09 Å². The van der Waals surface area contributed by atoms with E-state index in [0.29, 0.717) is 5.75 Å². The van der Waals surface area contributed by atoms with E-state index in [4.69, 9.17) is 9.47 Å². The summed E-state index contributed by atoms with van der Waals surface area (Å²) in [7, 11) is 1.47. The van der Waals surface area contributed by atoms with Gasteiger partial charge in [0.05, 0.1) is 19.2 Å². The van der Waals surface area contributed by atoms with Gasteiger partial charge in [-0.2, -0.15) is 0 Å². The number of benzene rings is 3. The van der Waals surface area contributed by atoms with E-state index in [1.807, 2.05) is 24.3 Å². The maximum atomic E-state index is 13.9. The number of methoxy groups -OCH3 is 1. The summed E-state index contributed by atoms with van der Waals surface area (Å²) in [6.45, 7) is 0.294. The van der Waals surface area contributed by atoms with Crippen LogP contribution in [0.5, 0.6) is 5.75 Å². The zero-order chi connectivity index (χ0) is 20.9. The number of hydrogen-bond donors (Lipinski definition) is 1. The molecule has 3 aromatic carbocycles. The summed E-state index contributed by atoms with van der Waals surface area (Å²) < 4.78 is 24.3. The molecule has 0 saturated heterocycles. The van der Waals surface area contributed by atoms with Gasteiger partial charge in [-0.25, -0.2) is 9.18 Å². The summed E-state index contributed by atoms with van der Waals surface area (Å²) >= 11 is 0. The molecule has 3 aromatic rings. The van der Waals surface area contributed by atoms with Crippen LogP contribution in [0.1, 0.15) is 22.6 Å². The molecule has 0 atom stereocenters. The molecule has 0 saturated carbocycles. The van der Waals surface area contributed by atoms with Crippen LogP contribution in [0.2, 0.25) is 0 Å². The molecule has 30 heavy (non-hydrogen) atoms. The molecule has 4 rings (SSSR count). The number of hydrogen-bond acceptors (Lipinski definition) is 3. The van der Waals surface area contributed by atoms with Crippen LogP contribution in [0.4, 0.5) is 9.18 Å². The number of alkyl carbamates (subject to hydrolysis) is 1. The highest BCUT2D eigenvalue weighted by molar-refractivity contribution is 5.79. The number of carbonyl (C=O) groups excluding carboxylic acids is 1. The molecule has 150 valence electrons. The van der Waals surface area contributed by atoms with Crippen molar-refractivity contribution in [2.75, 3.05) is 20.3 Å². The lowest BCUT2D eigenvalue weighted by Crippen LogP contribution is -2.26. The molecule has 5 heteroatoms. The van der Waals surface area contributed by atoms with Gasteiger partial charge in [-0.15, -0.1) is 0 Å². The largest absolute Gasteiger partial charge is 0.497 e. The fourth-order valence-electron chi connectivity index (χ4n) is 3.63. The Morgan fingerprint density at radius 1 is 1.03 bits per heavy atom. The molecular formula is C25H20FNO3. The molecule has 0 aromatic heterocycles. The average molecular weight is 401 g/mol. The van der Waals surface area contributed by atoms with Crippen LogP contribution < -0.4 is 10.1 Å². The highest BCUT2D eigenvalue weighted by atomic mass is 19.1. The first-order valence-electron chi connectivity index (χ1n) is 9.58. The topological polar surface area (TPSA) is 47.6 Å². The Labute approximate surface area is 174 Å². The van der Waals surface area contributed by atoms with Gasteiger partial charge < -0.3 is 14.8 Å². The summed E-state index contributed by atoms with van der Waals surface area (Å²) in [5.41, 5.74) is 4.90. The lowest BCUT2D eigenvalue weighted by atomic mass is 9.98. The lowest BCUT2D eigenvalue weighted by Gasteiger charge is -2.14. The SMILES string of the molecule is COc1ccc(C#CCNC(=O)OCC2c3ccccc3-c3ccccc32)c(F)c1. The van der Waals surface area contributed by atoms with Gasteiger partial charge in [-0.05, 0) is 34.4 Å². The quantitative estimate of drug-likeness (QED) is 0.644. The van der Waals surface area contributed by atoms with E-state index in [9.17, 15) is 9.18 Å². The molecule has 4 nitrogen and oxygen atoms in total. The molecular weight excluding hydrogens is 381 g/mol. The third-order valence-corrected chi connectivity index (χ3v) is 5.06.